The van der Waals surface area contributed by atoms with Gasteiger partial charge in [0.05, 0.1) is 51.6 Å². The summed E-state index contributed by atoms with van der Waals surface area (Å²) >= 11 is 0. The molecule has 0 radical (unpaired) electrons. The molecule has 268 valence electrons. The zero-order valence-electron chi connectivity index (χ0n) is 31.9. The van der Waals surface area contributed by atoms with Crippen LogP contribution in [0.15, 0.2) is 164 Å². The van der Waals surface area contributed by atoms with Crippen LogP contribution < -0.4 is 0 Å². The number of benzene rings is 8. The second-order valence-electron chi connectivity index (χ2n) is 15.0. The molecule has 0 aliphatic heterocycles. The van der Waals surface area contributed by atoms with Crippen LogP contribution in [0.4, 0.5) is 5.69 Å². The van der Waals surface area contributed by atoms with Crippen molar-refractivity contribution in [2.75, 3.05) is 0 Å². The molecule has 10 rings (SSSR count). The zero-order chi connectivity index (χ0) is 38.8. The molecular formula is C53H36N4. The molecule has 0 unspecified atom stereocenters. The van der Waals surface area contributed by atoms with Crippen LogP contribution in [-0.2, 0) is 0 Å². The fourth-order valence-corrected chi connectivity index (χ4v) is 8.77. The minimum absolute atomic E-state index is 0.528. The van der Waals surface area contributed by atoms with Crippen molar-refractivity contribution in [1.29, 1.82) is 5.26 Å². The van der Waals surface area contributed by atoms with Crippen molar-refractivity contribution in [3.63, 3.8) is 0 Å². The summed E-state index contributed by atoms with van der Waals surface area (Å²) in [5.74, 6) is 0. The van der Waals surface area contributed by atoms with E-state index in [4.69, 9.17) is 6.57 Å². The number of hydrogen-bond donors (Lipinski definition) is 0. The van der Waals surface area contributed by atoms with Gasteiger partial charge in [-0.2, -0.15) is 5.26 Å². The maximum Gasteiger partial charge on any atom is 0.234 e. The summed E-state index contributed by atoms with van der Waals surface area (Å²) in [4.78, 5) is 4.49. The number of para-hydroxylation sites is 2. The van der Waals surface area contributed by atoms with Crippen molar-refractivity contribution in [1.82, 2.24) is 9.13 Å². The number of rotatable bonds is 5. The van der Waals surface area contributed by atoms with Gasteiger partial charge in [0, 0.05) is 21.5 Å². The first-order valence-corrected chi connectivity index (χ1v) is 19.2. The summed E-state index contributed by atoms with van der Waals surface area (Å²) in [6, 6.07) is 60.1. The van der Waals surface area contributed by atoms with Gasteiger partial charge in [-0.3, -0.25) is 0 Å². The van der Waals surface area contributed by atoms with Crippen molar-refractivity contribution in [3.05, 3.63) is 197 Å². The van der Waals surface area contributed by atoms with Crippen molar-refractivity contribution >= 4 is 49.3 Å². The van der Waals surface area contributed by atoms with Crippen LogP contribution >= 0.6 is 0 Å². The molecule has 0 amide bonds. The van der Waals surface area contributed by atoms with E-state index in [-0.39, 0.29) is 0 Å². The summed E-state index contributed by atoms with van der Waals surface area (Å²) in [6.45, 7) is 15.4. The summed E-state index contributed by atoms with van der Waals surface area (Å²) in [6.07, 6.45) is 0. The van der Waals surface area contributed by atoms with Gasteiger partial charge >= 0.3 is 0 Å². The van der Waals surface area contributed by atoms with E-state index in [9.17, 15) is 5.26 Å². The molecule has 0 fully saturated rings. The van der Waals surface area contributed by atoms with Gasteiger partial charge in [0.1, 0.15) is 0 Å². The van der Waals surface area contributed by atoms with E-state index >= 15 is 0 Å². The van der Waals surface area contributed by atoms with Crippen LogP contribution in [0.2, 0.25) is 0 Å². The minimum atomic E-state index is 0.528. The lowest BCUT2D eigenvalue weighted by Gasteiger charge is -2.21. The molecule has 2 heterocycles. The van der Waals surface area contributed by atoms with E-state index in [1.165, 1.54) is 11.1 Å². The highest BCUT2D eigenvalue weighted by molar-refractivity contribution is 6.13. The monoisotopic (exact) mass is 728 g/mol. The lowest BCUT2D eigenvalue weighted by molar-refractivity contribution is 1.14. The van der Waals surface area contributed by atoms with Crippen LogP contribution in [0.3, 0.4) is 0 Å². The lowest BCUT2D eigenvalue weighted by atomic mass is 9.97. The largest absolute Gasteiger partial charge is 0.319 e. The molecule has 0 aliphatic carbocycles. The Balaban J connectivity index is 1.35. The number of aryl methyl sites for hydroxylation is 3. The first-order chi connectivity index (χ1) is 27.9. The molecule has 0 spiro atoms. The van der Waals surface area contributed by atoms with Gasteiger partial charge in [0.15, 0.2) is 0 Å². The molecule has 0 bridgehead atoms. The van der Waals surface area contributed by atoms with Crippen molar-refractivity contribution in [3.8, 4) is 50.8 Å². The molecule has 4 heteroatoms. The average Bonchev–Trinajstić information content (AvgIpc) is 3.74. The average molecular weight is 729 g/mol. The van der Waals surface area contributed by atoms with Gasteiger partial charge in [-0.25, -0.2) is 4.85 Å². The third-order valence-corrected chi connectivity index (χ3v) is 11.3. The fraction of sp³-hybridized carbons (Fsp3) is 0.0566. The van der Waals surface area contributed by atoms with Gasteiger partial charge in [0.2, 0.25) is 5.69 Å². The van der Waals surface area contributed by atoms with E-state index in [2.05, 4.69) is 186 Å². The number of hydrogen-bond acceptors (Lipinski definition) is 1. The Morgan fingerprint density at radius 2 is 0.982 bits per heavy atom. The molecule has 0 atom stereocenters. The predicted octanol–water partition coefficient (Wildman–Crippen LogP) is 14.2. The summed E-state index contributed by atoms with van der Waals surface area (Å²) in [5.41, 5.74) is 16.4. The highest BCUT2D eigenvalue weighted by atomic mass is 15.1. The molecule has 2 aromatic heterocycles. The van der Waals surface area contributed by atoms with Gasteiger partial charge in [-0.1, -0.05) is 132 Å². The minimum Gasteiger partial charge on any atom is -0.319 e. The van der Waals surface area contributed by atoms with E-state index in [1.807, 2.05) is 19.1 Å². The summed E-state index contributed by atoms with van der Waals surface area (Å²) in [5, 5.41) is 14.6. The highest BCUT2D eigenvalue weighted by Gasteiger charge is 2.25. The standard InChI is InChI=1S/C53H36N4/c1-33-11-9-13-37(26-33)39-19-21-45-43-15-5-7-17-47(43)56(50(45)30-39)49-24-23-42(41-28-35(3)25-36(29-41)32-54)53(52(49)55-4)57-48-18-8-6-16-44(48)46-22-20-40(31-51(46)57)38-14-10-12-34(2)27-38/h5-31H,1-3H3. The van der Waals surface area contributed by atoms with Crippen LogP contribution in [-0.4, -0.2) is 9.13 Å². The molecular weight excluding hydrogens is 693 g/mol. The second-order valence-corrected chi connectivity index (χ2v) is 15.0. The van der Waals surface area contributed by atoms with Gasteiger partial charge in [-0.15, -0.1) is 0 Å². The zero-order valence-corrected chi connectivity index (χ0v) is 31.9. The Morgan fingerprint density at radius 3 is 1.56 bits per heavy atom. The van der Waals surface area contributed by atoms with Crippen molar-refractivity contribution in [2.24, 2.45) is 0 Å². The quantitative estimate of drug-likeness (QED) is 0.163. The van der Waals surface area contributed by atoms with Crippen LogP contribution in [0.1, 0.15) is 22.3 Å². The molecule has 10 aromatic rings. The molecule has 0 N–H and O–H groups in total. The smallest absolute Gasteiger partial charge is 0.234 e. The molecule has 57 heavy (non-hydrogen) atoms. The third kappa shape index (κ3) is 5.50. The van der Waals surface area contributed by atoms with Crippen LogP contribution in [0.25, 0.3) is 93.2 Å². The molecule has 0 aliphatic rings. The van der Waals surface area contributed by atoms with Crippen LogP contribution in [0, 0.1) is 38.7 Å². The van der Waals surface area contributed by atoms with E-state index in [0.29, 0.717) is 11.3 Å². The molecule has 0 saturated heterocycles. The Bertz CT molecular complexity index is 3360. The number of aromatic nitrogens is 2. The number of nitrogens with zero attached hydrogens (tertiary/aromatic N) is 4. The van der Waals surface area contributed by atoms with E-state index in [0.717, 1.165) is 93.9 Å². The predicted molar refractivity (Wildman–Crippen MR) is 237 cm³/mol. The van der Waals surface area contributed by atoms with Crippen LogP contribution in [0.5, 0.6) is 0 Å². The fourth-order valence-electron chi connectivity index (χ4n) is 8.77. The van der Waals surface area contributed by atoms with E-state index in [1.54, 1.807) is 0 Å². The van der Waals surface area contributed by atoms with Gasteiger partial charge < -0.3 is 9.13 Å². The Labute approximate surface area is 331 Å². The molecule has 8 aromatic carbocycles. The number of fused-ring (bicyclic) bond motifs is 6. The first kappa shape index (κ1) is 33.9. The SMILES string of the molecule is [C-]#[N+]c1c(-n2c3ccccc3c3ccc(-c4cccc(C)c4)cc32)ccc(-c2cc(C)cc(C#N)c2)c1-n1c2ccccc2c2ccc(-c3cccc(C)c3)cc21. The summed E-state index contributed by atoms with van der Waals surface area (Å²) < 4.78 is 4.56. The van der Waals surface area contributed by atoms with E-state index < -0.39 is 0 Å². The van der Waals surface area contributed by atoms with Crippen molar-refractivity contribution in [2.45, 2.75) is 20.8 Å². The Morgan fingerprint density at radius 1 is 0.456 bits per heavy atom. The summed E-state index contributed by atoms with van der Waals surface area (Å²) in [7, 11) is 0. The van der Waals surface area contributed by atoms with Gasteiger partial charge in [0.25, 0.3) is 0 Å². The normalized spacial score (nSPS) is 11.4. The van der Waals surface area contributed by atoms with Gasteiger partial charge in [-0.05, 0) is 102 Å². The highest BCUT2D eigenvalue weighted by Crippen LogP contribution is 2.47. The third-order valence-electron chi connectivity index (χ3n) is 11.3. The maximum atomic E-state index is 10.1. The molecule has 4 nitrogen and oxygen atoms in total. The Hall–Kier alpha value is -7.66. The number of nitriles is 1. The first-order valence-electron chi connectivity index (χ1n) is 19.2. The van der Waals surface area contributed by atoms with Crippen molar-refractivity contribution < 1.29 is 0 Å². The second kappa shape index (κ2) is 13.3. The Kier molecular flexibility index (Phi) is 7.89. The topological polar surface area (TPSA) is 38.0 Å². The molecule has 0 saturated carbocycles. The maximum absolute atomic E-state index is 10.1. The lowest BCUT2D eigenvalue weighted by Crippen LogP contribution is -2.03.